The fourth-order valence-electron chi connectivity index (χ4n) is 2.21. The number of benzene rings is 1. The van der Waals surface area contributed by atoms with Gasteiger partial charge in [0.1, 0.15) is 5.75 Å². The molecule has 5 heteroatoms. The normalized spacial score (nSPS) is 23.5. The van der Waals surface area contributed by atoms with Crippen LogP contribution in [-0.4, -0.2) is 16.9 Å². The van der Waals surface area contributed by atoms with Crippen molar-refractivity contribution < 1.29 is 19.1 Å². The molecule has 1 aromatic carbocycles. The topological polar surface area (TPSA) is 57.6 Å². The SMILES string of the molecule is CC(C)C1(C)CC(=O)N(c2ccc(O)cc2F)C1=O. The smallest absolute Gasteiger partial charge is 0.240 e. The third-order valence-corrected chi connectivity index (χ3v) is 3.91. The molecule has 1 aliphatic heterocycles. The van der Waals surface area contributed by atoms with E-state index in [4.69, 9.17) is 0 Å². The van der Waals surface area contributed by atoms with Gasteiger partial charge < -0.3 is 5.11 Å². The monoisotopic (exact) mass is 265 g/mol. The number of carbonyl (C=O) groups is 2. The van der Waals surface area contributed by atoms with Crippen LogP contribution in [0.25, 0.3) is 0 Å². The number of aromatic hydroxyl groups is 1. The van der Waals surface area contributed by atoms with E-state index in [9.17, 15) is 19.1 Å². The van der Waals surface area contributed by atoms with Crippen LogP contribution in [0.5, 0.6) is 5.75 Å². The van der Waals surface area contributed by atoms with Crippen molar-refractivity contribution in [3.05, 3.63) is 24.0 Å². The van der Waals surface area contributed by atoms with Gasteiger partial charge in [0.2, 0.25) is 11.8 Å². The molecule has 1 aromatic rings. The molecule has 0 spiro atoms. The van der Waals surface area contributed by atoms with E-state index >= 15 is 0 Å². The Labute approximate surface area is 110 Å². The fourth-order valence-corrected chi connectivity index (χ4v) is 2.21. The van der Waals surface area contributed by atoms with Crippen molar-refractivity contribution in [1.29, 1.82) is 0 Å². The summed E-state index contributed by atoms with van der Waals surface area (Å²) in [6.07, 6.45) is 0.0732. The number of halogens is 1. The van der Waals surface area contributed by atoms with Gasteiger partial charge >= 0.3 is 0 Å². The highest BCUT2D eigenvalue weighted by molar-refractivity contribution is 6.22. The number of hydrogen-bond acceptors (Lipinski definition) is 3. The number of imide groups is 1. The maximum Gasteiger partial charge on any atom is 0.240 e. The summed E-state index contributed by atoms with van der Waals surface area (Å²) in [5, 5.41) is 9.17. The lowest BCUT2D eigenvalue weighted by Crippen LogP contribution is -2.37. The second-order valence-corrected chi connectivity index (χ2v) is 5.42. The summed E-state index contributed by atoms with van der Waals surface area (Å²) in [7, 11) is 0. The predicted octanol–water partition coefficient (Wildman–Crippen LogP) is 2.46. The number of carbonyl (C=O) groups excluding carboxylic acids is 2. The van der Waals surface area contributed by atoms with Crippen molar-refractivity contribution >= 4 is 17.5 Å². The van der Waals surface area contributed by atoms with Gasteiger partial charge in [-0.2, -0.15) is 0 Å². The molecule has 102 valence electrons. The van der Waals surface area contributed by atoms with Crippen molar-refractivity contribution in [2.75, 3.05) is 4.90 Å². The molecule has 1 atom stereocenters. The molecular formula is C14H16FNO3. The summed E-state index contributed by atoms with van der Waals surface area (Å²) in [4.78, 5) is 25.3. The minimum absolute atomic E-state index is 0.0193. The van der Waals surface area contributed by atoms with Crippen molar-refractivity contribution in [3.63, 3.8) is 0 Å². The van der Waals surface area contributed by atoms with Crippen molar-refractivity contribution in [2.45, 2.75) is 27.2 Å². The summed E-state index contributed by atoms with van der Waals surface area (Å²) in [5.41, 5.74) is -0.904. The van der Waals surface area contributed by atoms with E-state index < -0.39 is 23.0 Å². The highest BCUT2D eigenvalue weighted by Crippen LogP contribution is 2.42. The van der Waals surface area contributed by atoms with Crippen LogP contribution in [0.2, 0.25) is 0 Å². The highest BCUT2D eigenvalue weighted by atomic mass is 19.1. The molecule has 1 aliphatic rings. The van der Waals surface area contributed by atoms with Crippen LogP contribution in [0, 0.1) is 17.2 Å². The van der Waals surface area contributed by atoms with Crippen molar-refractivity contribution in [2.24, 2.45) is 11.3 Å². The van der Waals surface area contributed by atoms with Gasteiger partial charge in [0, 0.05) is 12.5 Å². The van der Waals surface area contributed by atoms with Gasteiger partial charge in [-0.15, -0.1) is 0 Å². The number of phenols is 1. The number of anilines is 1. The molecule has 1 fully saturated rings. The molecule has 1 unspecified atom stereocenters. The van der Waals surface area contributed by atoms with Gasteiger partial charge in [-0.05, 0) is 25.0 Å². The van der Waals surface area contributed by atoms with Gasteiger partial charge in [0.05, 0.1) is 11.1 Å². The Hall–Kier alpha value is -1.91. The molecule has 0 aliphatic carbocycles. The Kier molecular flexibility index (Phi) is 3.08. The van der Waals surface area contributed by atoms with Crippen LogP contribution in [0.4, 0.5) is 10.1 Å². The lowest BCUT2D eigenvalue weighted by Gasteiger charge is -2.26. The average molecular weight is 265 g/mol. The molecule has 2 amide bonds. The van der Waals surface area contributed by atoms with E-state index in [0.717, 1.165) is 11.0 Å². The number of phenolic OH excluding ortho intramolecular Hbond substituents is 1. The Morgan fingerprint density at radius 3 is 2.47 bits per heavy atom. The maximum atomic E-state index is 13.8. The second-order valence-electron chi connectivity index (χ2n) is 5.42. The lowest BCUT2D eigenvalue weighted by atomic mass is 9.78. The Morgan fingerprint density at radius 2 is 2.00 bits per heavy atom. The predicted molar refractivity (Wildman–Crippen MR) is 68.1 cm³/mol. The van der Waals surface area contributed by atoms with E-state index in [0.29, 0.717) is 0 Å². The average Bonchev–Trinajstić information content (AvgIpc) is 2.53. The Bertz CT molecular complexity index is 556. The van der Waals surface area contributed by atoms with E-state index in [2.05, 4.69) is 0 Å². The molecule has 1 heterocycles. The van der Waals surface area contributed by atoms with Crippen LogP contribution in [0.1, 0.15) is 27.2 Å². The van der Waals surface area contributed by atoms with Crippen LogP contribution >= 0.6 is 0 Å². The van der Waals surface area contributed by atoms with Gasteiger partial charge in [-0.25, -0.2) is 9.29 Å². The molecule has 1 N–H and O–H groups in total. The number of nitrogens with zero attached hydrogens (tertiary/aromatic N) is 1. The summed E-state index contributed by atoms with van der Waals surface area (Å²) < 4.78 is 13.8. The number of amides is 2. The molecule has 0 radical (unpaired) electrons. The zero-order valence-electron chi connectivity index (χ0n) is 11.1. The summed E-state index contributed by atoms with van der Waals surface area (Å²) in [6, 6.07) is 3.39. The molecule has 0 saturated carbocycles. The van der Waals surface area contributed by atoms with Gasteiger partial charge in [-0.1, -0.05) is 13.8 Å². The number of rotatable bonds is 2. The second kappa shape index (κ2) is 4.33. The molecule has 19 heavy (non-hydrogen) atoms. The molecular weight excluding hydrogens is 249 g/mol. The van der Waals surface area contributed by atoms with Crippen molar-refractivity contribution in [1.82, 2.24) is 0 Å². The molecule has 4 nitrogen and oxygen atoms in total. The van der Waals surface area contributed by atoms with E-state index in [-0.39, 0.29) is 23.8 Å². The highest BCUT2D eigenvalue weighted by Gasteiger charge is 2.51. The van der Waals surface area contributed by atoms with Gasteiger partial charge in [0.25, 0.3) is 0 Å². The zero-order chi connectivity index (χ0) is 14.4. The maximum absolute atomic E-state index is 13.8. The van der Waals surface area contributed by atoms with E-state index in [1.54, 1.807) is 6.92 Å². The third-order valence-electron chi connectivity index (χ3n) is 3.91. The van der Waals surface area contributed by atoms with E-state index in [1.165, 1.54) is 12.1 Å². The van der Waals surface area contributed by atoms with Crippen LogP contribution in [0.3, 0.4) is 0 Å². The van der Waals surface area contributed by atoms with Crippen LogP contribution in [-0.2, 0) is 9.59 Å². The summed E-state index contributed by atoms with van der Waals surface area (Å²) in [5.74, 6) is -1.85. The van der Waals surface area contributed by atoms with Crippen LogP contribution < -0.4 is 4.90 Å². The van der Waals surface area contributed by atoms with E-state index in [1.807, 2.05) is 13.8 Å². The lowest BCUT2D eigenvalue weighted by molar-refractivity contribution is -0.126. The van der Waals surface area contributed by atoms with Gasteiger partial charge in [-0.3, -0.25) is 9.59 Å². The molecule has 2 rings (SSSR count). The van der Waals surface area contributed by atoms with Crippen molar-refractivity contribution in [3.8, 4) is 5.75 Å². The largest absolute Gasteiger partial charge is 0.508 e. The Morgan fingerprint density at radius 1 is 1.37 bits per heavy atom. The van der Waals surface area contributed by atoms with Gasteiger partial charge in [0.15, 0.2) is 5.82 Å². The minimum Gasteiger partial charge on any atom is -0.508 e. The first kappa shape index (κ1) is 13.5. The quantitative estimate of drug-likeness (QED) is 0.836. The molecule has 0 aromatic heterocycles. The first-order valence-electron chi connectivity index (χ1n) is 6.13. The first-order chi connectivity index (χ1) is 8.77. The Balaban J connectivity index is 2.46. The van der Waals surface area contributed by atoms with Crippen LogP contribution in [0.15, 0.2) is 18.2 Å². The zero-order valence-corrected chi connectivity index (χ0v) is 11.1. The number of hydrogen-bond donors (Lipinski definition) is 1. The third kappa shape index (κ3) is 1.99. The standard InChI is InChI=1S/C14H16FNO3/c1-8(2)14(3)7-12(18)16(13(14)19)11-5-4-9(17)6-10(11)15/h4-6,8,17H,7H2,1-3H3. The first-order valence-corrected chi connectivity index (χ1v) is 6.13. The minimum atomic E-state index is -0.804. The molecule has 0 bridgehead atoms. The fraction of sp³-hybridized carbons (Fsp3) is 0.429. The summed E-state index contributed by atoms with van der Waals surface area (Å²) >= 11 is 0. The summed E-state index contributed by atoms with van der Waals surface area (Å²) in [6.45, 7) is 5.44. The molecule has 1 saturated heterocycles.